The summed E-state index contributed by atoms with van der Waals surface area (Å²) in [5.74, 6) is 0.420. The van der Waals surface area contributed by atoms with Gasteiger partial charge in [-0.2, -0.15) is 10.5 Å². The third kappa shape index (κ3) is 6.31. The Balaban J connectivity index is 1.28. The lowest BCUT2D eigenvalue weighted by molar-refractivity contribution is 0.590. The molecular formula is C54H46N4O. The van der Waals surface area contributed by atoms with Crippen molar-refractivity contribution in [1.29, 1.82) is 10.5 Å². The normalized spacial score (nSPS) is 12.9. The largest absolute Gasteiger partial charge is 0.454 e. The van der Waals surface area contributed by atoms with Crippen LogP contribution in [0.4, 0.5) is 34.1 Å². The maximum atomic E-state index is 9.72. The highest BCUT2D eigenvalue weighted by atomic mass is 16.3. The Morgan fingerprint density at radius 2 is 1.12 bits per heavy atom. The van der Waals surface area contributed by atoms with Gasteiger partial charge in [-0.15, -0.1) is 0 Å². The molecule has 0 saturated carbocycles. The molecule has 0 saturated heterocycles. The first-order valence-electron chi connectivity index (χ1n) is 20.3. The van der Waals surface area contributed by atoms with E-state index in [1.165, 1.54) is 33.4 Å². The summed E-state index contributed by atoms with van der Waals surface area (Å²) in [5, 5.41) is 21.5. The predicted octanol–water partition coefficient (Wildman–Crippen LogP) is 15.0. The molecular weight excluding hydrogens is 721 g/mol. The first-order chi connectivity index (χ1) is 28.4. The number of fused-ring (bicyclic) bond motifs is 7. The van der Waals surface area contributed by atoms with E-state index in [0.29, 0.717) is 17.0 Å². The number of nitriles is 2. The summed E-state index contributed by atoms with van der Waals surface area (Å²) in [4.78, 5) is 4.55. The molecule has 1 aliphatic rings. The lowest BCUT2D eigenvalue weighted by atomic mass is 9.80. The van der Waals surface area contributed by atoms with Crippen molar-refractivity contribution in [2.75, 3.05) is 9.80 Å². The first kappa shape index (κ1) is 37.5. The van der Waals surface area contributed by atoms with E-state index in [-0.39, 0.29) is 5.41 Å². The van der Waals surface area contributed by atoms with E-state index in [0.717, 1.165) is 56.1 Å². The van der Waals surface area contributed by atoms with E-state index in [4.69, 9.17) is 4.42 Å². The summed E-state index contributed by atoms with van der Waals surface area (Å²) < 4.78 is 6.95. The Morgan fingerprint density at radius 1 is 0.593 bits per heavy atom. The maximum Gasteiger partial charge on any atom is 0.159 e. The second kappa shape index (κ2) is 14.1. The summed E-state index contributed by atoms with van der Waals surface area (Å²) in [6, 6.07) is 55.3. The van der Waals surface area contributed by atoms with Crippen LogP contribution in [0.15, 0.2) is 150 Å². The topological polar surface area (TPSA) is 67.2 Å². The molecule has 1 aromatic heterocycles. The lowest BCUT2D eigenvalue weighted by Gasteiger charge is -2.29. The van der Waals surface area contributed by atoms with Crippen LogP contribution in [0, 0.1) is 22.7 Å². The SMILES string of the molecule is CC(C)c1ccc(N(c2ccc(C#N)cc2)c2ccc3c(c2)C(C)(C)c2c-3cc(N(c3ccc(C#N)cc3)c3ccc(C(C)(C)C)cc3)c3oc4ccccc4c23)cc1. The number of para-hydroxylation sites is 1. The molecule has 9 rings (SSSR count). The van der Waals surface area contributed by atoms with E-state index >= 15 is 0 Å². The van der Waals surface area contributed by atoms with Crippen LogP contribution < -0.4 is 9.80 Å². The Kier molecular flexibility index (Phi) is 8.95. The van der Waals surface area contributed by atoms with Gasteiger partial charge in [-0.25, -0.2) is 0 Å². The van der Waals surface area contributed by atoms with Crippen molar-refractivity contribution >= 4 is 56.1 Å². The number of anilines is 6. The Labute approximate surface area is 347 Å². The summed E-state index contributed by atoms with van der Waals surface area (Å²) in [6.45, 7) is 15.8. The first-order valence-corrected chi connectivity index (χ1v) is 20.3. The quantitative estimate of drug-likeness (QED) is 0.162. The minimum atomic E-state index is -0.393. The van der Waals surface area contributed by atoms with Crippen LogP contribution in [0.2, 0.25) is 0 Å². The molecule has 59 heavy (non-hydrogen) atoms. The van der Waals surface area contributed by atoms with Crippen molar-refractivity contribution in [3.05, 3.63) is 179 Å². The minimum absolute atomic E-state index is 0.00127. The van der Waals surface area contributed by atoms with Crippen LogP contribution in [0.1, 0.15) is 87.8 Å². The molecule has 5 nitrogen and oxygen atoms in total. The summed E-state index contributed by atoms with van der Waals surface area (Å²) in [7, 11) is 0. The Hall–Kier alpha value is -7.08. The van der Waals surface area contributed by atoms with Gasteiger partial charge in [0.2, 0.25) is 0 Å². The molecule has 0 unspecified atom stereocenters. The Bertz CT molecular complexity index is 2970. The summed E-state index contributed by atoms with van der Waals surface area (Å²) in [6.07, 6.45) is 0. The number of furan rings is 1. The summed E-state index contributed by atoms with van der Waals surface area (Å²) in [5.41, 5.74) is 15.8. The number of hydrogen-bond acceptors (Lipinski definition) is 5. The number of nitrogens with zero attached hydrogens (tertiary/aromatic N) is 4. The van der Waals surface area contributed by atoms with Crippen molar-refractivity contribution in [3.8, 4) is 23.3 Å². The zero-order valence-electron chi connectivity index (χ0n) is 34.6. The molecule has 0 fully saturated rings. The van der Waals surface area contributed by atoms with Crippen LogP contribution in [-0.4, -0.2) is 0 Å². The molecule has 5 heteroatoms. The highest BCUT2D eigenvalue weighted by Crippen LogP contribution is 2.57. The molecule has 0 atom stereocenters. The van der Waals surface area contributed by atoms with Gasteiger partial charge in [-0.3, -0.25) is 0 Å². The fourth-order valence-corrected chi connectivity index (χ4v) is 8.83. The highest BCUT2D eigenvalue weighted by molar-refractivity contribution is 6.16. The molecule has 1 heterocycles. The predicted molar refractivity (Wildman–Crippen MR) is 243 cm³/mol. The van der Waals surface area contributed by atoms with Crippen molar-refractivity contribution in [1.82, 2.24) is 0 Å². The molecule has 0 N–H and O–H groups in total. The second-order valence-electron chi connectivity index (χ2n) is 17.5. The average molecular weight is 767 g/mol. The van der Waals surface area contributed by atoms with Crippen molar-refractivity contribution in [2.24, 2.45) is 0 Å². The smallest absolute Gasteiger partial charge is 0.159 e. The monoisotopic (exact) mass is 766 g/mol. The van der Waals surface area contributed by atoms with Gasteiger partial charge >= 0.3 is 0 Å². The zero-order valence-corrected chi connectivity index (χ0v) is 34.6. The van der Waals surface area contributed by atoms with E-state index in [2.05, 4.69) is 161 Å². The molecule has 0 radical (unpaired) electrons. The molecule has 7 aromatic carbocycles. The average Bonchev–Trinajstić information content (AvgIpc) is 3.73. The van der Waals surface area contributed by atoms with Crippen molar-refractivity contribution < 1.29 is 4.42 Å². The van der Waals surface area contributed by atoms with Gasteiger partial charge in [0.25, 0.3) is 0 Å². The van der Waals surface area contributed by atoms with E-state index in [1.807, 2.05) is 54.6 Å². The van der Waals surface area contributed by atoms with Crippen LogP contribution in [0.3, 0.4) is 0 Å². The highest BCUT2D eigenvalue weighted by Gasteiger charge is 2.40. The van der Waals surface area contributed by atoms with Crippen LogP contribution >= 0.6 is 0 Å². The zero-order chi connectivity index (χ0) is 41.2. The number of rotatable bonds is 7. The molecule has 1 aliphatic carbocycles. The van der Waals surface area contributed by atoms with E-state index in [9.17, 15) is 10.5 Å². The third-order valence-electron chi connectivity index (χ3n) is 12.0. The van der Waals surface area contributed by atoms with Crippen LogP contribution in [0.25, 0.3) is 33.1 Å². The van der Waals surface area contributed by atoms with Crippen LogP contribution in [-0.2, 0) is 10.8 Å². The molecule has 0 spiro atoms. The van der Waals surface area contributed by atoms with Gasteiger partial charge in [0.1, 0.15) is 5.58 Å². The van der Waals surface area contributed by atoms with Crippen molar-refractivity contribution in [3.63, 3.8) is 0 Å². The third-order valence-corrected chi connectivity index (χ3v) is 12.0. The van der Waals surface area contributed by atoms with Gasteiger partial charge < -0.3 is 14.2 Å². The summed E-state index contributed by atoms with van der Waals surface area (Å²) >= 11 is 0. The van der Waals surface area contributed by atoms with Gasteiger partial charge in [0, 0.05) is 44.6 Å². The molecule has 288 valence electrons. The Morgan fingerprint density at radius 3 is 1.68 bits per heavy atom. The van der Waals surface area contributed by atoms with E-state index in [1.54, 1.807) is 0 Å². The fraction of sp³-hybridized carbons (Fsp3) is 0.185. The van der Waals surface area contributed by atoms with Gasteiger partial charge in [0.05, 0.1) is 29.0 Å². The minimum Gasteiger partial charge on any atom is -0.454 e. The maximum absolute atomic E-state index is 9.72. The van der Waals surface area contributed by atoms with Crippen LogP contribution in [0.5, 0.6) is 0 Å². The molecule has 8 aromatic rings. The van der Waals surface area contributed by atoms with Gasteiger partial charge in [0.15, 0.2) is 5.58 Å². The fourth-order valence-electron chi connectivity index (χ4n) is 8.83. The number of hydrogen-bond donors (Lipinski definition) is 0. The van der Waals surface area contributed by atoms with E-state index < -0.39 is 5.41 Å². The van der Waals surface area contributed by atoms with Gasteiger partial charge in [-0.1, -0.05) is 97.0 Å². The molecule has 0 amide bonds. The van der Waals surface area contributed by atoms with Gasteiger partial charge in [-0.05, 0) is 142 Å². The lowest BCUT2D eigenvalue weighted by Crippen LogP contribution is -2.17. The standard InChI is InChI=1S/C54H46N4O/c1-34(2)37-16-24-40(25-17-37)57(39-20-12-35(32-55)13-21-39)43-28-29-44-46-31-48(52-50(45-10-8-9-11-49(45)59-52)51(46)54(6,7)47(44)30-43)58(41-22-14-36(33-56)15-23-41)42-26-18-38(19-27-42)53(3,4)5/h8-31,34H,1-7H3. The number of benzene rings is 7. The second-order valence-corrected chi connectivity index (χ2v) is 17.5. The van der Waals surface area contributed by atoms with Crippen molar-refractivity contribution in [2.45, 2.75) is 65.2 Å². The molecule has 0 aliphatic heterocycles. The molecule has 0 bridgehead atoms.